The summed E-state index contributed by atoms with van der Waals surface area (Å²) in [6.07, 6.45) is 1.86. The molecule has 28 heavy (non-hydrogen) atoms. The first-order valence-electron chi connectivity index (χ1n) is 9.89. The molecule has 5 nitrogen and oxygen atoms in total. The first kappa shape index (κ1) is 20.2. The summed E-state index contributed by atoms with van der Waals surface area (Å²) in [4.78, 5) is 26.2. The fourth-order valence-corrected chi connectivity index (χ4v) is 4.29. The summed E-state index contributed by atoms with van der Waals surface area (Å²) >= 11 is 0. The van der Waals surface area contributed by atoms with Crippen molar-refractivity contribution >= 4 is 11.8 Å². The van der Waals surface area contributed by atoms with Crippen molar-refractivity contribution in [1.82, 2.24) is 5.32 Å². The van der Waals surface area contributed by atoms with E-state index in [9.17, 15) is 9.59 Å². The minimum Gasteiger partial charge on any atom is -0.496 e. The Bertz CT molecular complexity index is 863. The van der Waals surface area contributed by atoms with Gasteiger partial charge in [-0.25, -0.2) is 4.79 Å². The van der Waals surface area contributed by atoms with Crippen LogP contribution in [0.25, 0.3) is 0 Å². The van der Waals surface area contributed by atoms with Crippen LogP contribution < -0.4 is 10.1 Å². The molecular formula is C23H29NO4. The number of carbonyl (C=O) groups is 2. The van der Waals surface area contributed by atoms with Crippen molar-refractivity contribution in [2.45, 2.75) is 52.9 Å². The van der Waals surface area contributed by atoms with Gasteiger partial charge < -0.3 is 14.8 Å². The number of nitrogens with one attached hydrogen (secondary N) is 1. The first-order chi connectivity index (χ1) is 13.3. The van der Waals surface area contributed by atoms with Gasteiger partial charge in [0.05, 0.1) is 25.2 Å². The number of allylic oxidation sites excluding steroid dienone is 3. The van der Waals surface area contributed by atoms with E-state index in [1.165, 1.54) is 0 Å². The highest BCUT2D eigenvalue weighted by atomic mass is 16.5. The van der Waals surface area contributed by atoms with Crippen molar-refractivity contribution < 1.29 is 19.1 Å². The molecular weight excluding hydrogens is 354 g/mol. The molecule has 1 aliphatic heterocycles. The van der Waals surface area contributed by atoms with E-state index in [1.807, 2.05) is 31.2 Å². The van der Waals surface area contributed by atoms with Crippen molar-refractivity contribution in [3.05, 3.63) is 52.4 Å². The molecule has 150 valence electrons. The zero-order valence-corrected chi connectivity index (χ0v) is 17.3. The molecule has 1 aromatic carbocycles. The number of benzene rings is 1. The van der Waals surface area contributed by atoms with E-state index in [0.29, 0.717) is 29.7 Å². The second kappa shape index (κ2) is 7.82. The molecule has 0 aromatic heterocycles. The summed E-state index contributed by atoms with van der Waals surface area (Å²) in [7, 11) is 1.61. The number of dihydropyridines is 1. The van der Waals surface area contributed by atoms with Crippen LogP contribution in [0.1, 0.15) is 58.4 Å². The number of hydrogen-bond donors (Lipinski definition) is 1. The van der Waals surface area contributed by atoms with E-state index in [0.717, 1.165) is 23.4 Å². The van der Waals surface area contributed by atoms with Crippen LogP contribution in [-0.2, 0) is 14.3 Å². The normalized spacial score (nSPS) is 21.2. The minimum absolute atomic E-state index is 0.0756. The number of rotatable bonds is 5. The lowest BCUT2D eigenvalue weighted by Crippen LogP contribution is -2.39. The van der Waals surface area contributed by atoms with Gasteiger partial charge >= 0.3 is 5.97 Å². The fourth-order valence-electron chi connectivity index (χ4n) is 4.29. The Balaban J connectivity index is 2.26. The minimum atomic E-state index is -0.481. The Kier molecular flexibility index (Phi) is 5.64. The van der Waals surface area contributed by atoms with E-state index in [4.69, 9.17) is 9.47 Å². The highest BCUT2D eigenvalue weighted by molar-refractivity contribution is 6.04. The Hall–Kier alpha value is -2.56. The molecule has 1 aliphatic carbocycles. The lowest BCUT2D eigenvalue weighted by Gasteiger charge is -2.40. The van der Waals surface area contributed by atoms with Gasteiger partial charge in [-0.3, -0.25) is 4.79 Å². The fraction of sp³-hybridized carbons (Fsp3) is 0.478. The van der Waals surface area contributed by atoms with Crippen LogP contribution in [0.4, 0.5) is 0 Å². The average Bonchev–Trinajstić information content (AvgIpc) is 2.65. The Morgan fingerprint density at radius 2 is 1.93 bits per heavy atom. The molecule has 5 heteroatoms. The van der Waals surface area contributed by atoms with Gasteiger partial charge in [-0.1, -0.05) is 39.0 Å². The average molecular weight is 383 g/mol. The van der Waals surface area contributed by atoms with Gasteiger partial charge in [0.25, 0.3) is 0 Å². The van der Waals surface area contributed by atoms with Gasteiger partial charge in [0, 0.05) is 29.0 Å². The summed E-state index contributed by atoms with van der Waals surface area (Å²) in [6.45, 7) is 8.28. The Morgan fingerprint density at radius 1 is 1.21 bits per heavy atom. The van der Waals surface area contributed by atoms with Crippen LogP contribution in [0.3, 0.4) is 0 Å². The number of Topliss-reactive ketones (excluding diaryl/α,β-unsaturated/α-hetero) is 1. The van der Waals surface area contributed by atoms with Crippen LogP contribution in [0.2, 0.25) is 0 Å². The van der Waals surface area contributed by atoms with Crippen LogP contribution in [-0.4, -0.2) is 25.5 Å². The lowest BCUT2D eigenvalue weighted by atomic mass is 9.68. The molecule has 0 amide bonds. The molecule has 1 N–H and O–H groups in total. The topological polar surface area (TPSA) is 64.6 Å². The van der Waals surface area contributed by atoms with Crippen molar-refractivity contribution in [2.75, 3.05) is 13.7 Å². The molecule has 1 atom stereocenters. The molecule has 3 rings (SSSR count). The SMILES string of the molecule is CCOC(=O)C1=C(CC)NC2=C(C(=O)CC(C)(C)C2)[C@H]1c1ccccc1OC. The summed E-state index contributed by atoms with van der Waals surface area (Å²) in [5.41, 5.74) is 3.63. The summed E-state index contributed by atoms with van der Waals surface area (Å²) in [6, 6.07) is 7.59. The third kappa shape index (κ3) is 3.58. The molecule has 0 saturated carbocycles. The van der Waals surface area contributed by atoms with Crippen molar-refractivity contribution in [1.29, 1.82) is 0 Å². The maximum absolute atomic E-state index is 13.2. The van der Waals surface area contributed by atoms with Gasteiger partial charge in [0.15, 0.2) is 5.78 Å². The first-order valence-corrected chi connectivity index (χ1v) is 9.89. The standard InChI is InChI=1S/C23H29NO4/c1-6-15-21(22(26)28-7-2)19(14-10-8-9-11-18(14)27-5)20-16(24-15)12-23(3,4)13-17(20)25/h8-11,19,24H,6-7,12-13H2,1-5H3/t19-/m1/s1. The highest BCUT2D eigenvalue weighted by Crippen LogP contribution is 2.48. The van der Waals surface area contributed by atoms with E-state index in [-0.39, 0.29) is 23.8 Å². The number of ketones is 1. The maximum atomic E-state index is 13.2. The molecule has 0 saturated heterocycles. The number of para-hydroxylation sites is 1. The number of carbonyl (C=O) groups excluding carboxylic acids is 2. The molecule has 0 spiro atoms. The third-order valence-electron chi connectivity index (χ3n) is 5.42. The van der Waals surface area contributed by atoms with Crippen LogP contribution >= 0.6 is 0 Å². The van der Waals surface area contributed by atoms with Crippen molar-refractivity contribution in [3.63, 3.8) is 0 Å². The zero-order valence-electron chi connectivity index (χ0n) is 17.3. The second-order valence-corrected chi connectivity index (χ2v) is 8.10. The Morgan fingerprint density at radius 3 is 2.57 bits per heavy atom. The zero-order chi connectivity index (χ0) is 20.5. The third-order valence-corrected chi connectivity index (χ3v) is 5.42. The quantitative estimate of drug-likeness (QED) is 0.770. The summed E-state index contributed by atoms with van der Waals surface area (Å²) in [5.74, 6) is -0.125. The van der Waals surface area contributed by atoms with Crippen LogP contribution in [0.5, 0.6) is 5.75 Å². The maximum Gasteiger partial charge on any atom is 0.336 e. The van der Waals surface area contributed by atoms with Gasteiger partial charge in [0.1, 0.15) is 5.75 Å². The lowest BCUT2D eigenvalue weighted by molar-refractivity contribution is -0.138. The monoisotopic (exact) mass is 383 g/mol. The van der Waals surface area contributed by atoms with Crippen molar-refractivity contribution in [3.8, 4) is 5.75 Å². The second-order valence-electron chi connectivity index (χ2n) is 8.10. The Labute approximate surface area is 166 Å². The predicted molar refractivity (Wildman–Crippen MR) is 108 cm³/mol. The van der Waals surface area contributed by atoms with Gasteiger partial charge in [-0.05, 0) is 31.2 Å². The van der Waals surface area contributed by atoms with Crippen LogP contribution in [0, 0.1) is 5.41 Å². The van der Waals surface area contributed by atoms with Gasteiger partial charge in [-0.2, -0.15) is 0 Å². The number of esters is 1. The number of hydrogen-bond acceptors (Lipinski definition) is 5. The molecule has 0 unspecified atom stereocenters. The predicted octanol–water partition coefficient (Wildman–Crippen LogP) is 4.25. The van der Waals surface area contributed by atoms with E-state index in [2.05, 4.69) is 19.2 Å². The molecule has 1 heterocycles. The van der Waals surface area contributed by atoms with E-state index < -0.39 is 5.92 Å². The summed E-state index contributed by atoms with van der Waals surface area (Å²) in [5, 5.41) is 3.41. The van der Waals surface area contributed by atoms with E-state index in [1.54, 1.807) is 14.0 Å². The smallest absolute Gasteiger partial charge is 0.336 e. The van der Waals surface area contributed by atoms with E-state index >= 15 is 0 Å². The van der Waals surface area contributed by atoms with Gasteiger partial charge in [-0.15, -0.1) is 0 Å². The van der Waals surface area contributed by atoms with Gasteiger partial charge in [0.2, 0.25) is 0 Å². The highest BCUT2D eigenvalue weighted by Gasteiger charge is 2.44. The molecule has 0 radical (unpaired) electrons. The number of ether oxygens (including phenoxy) is 2. The molecule has 0 fully saturated rings. The molecule has 0 bridgehead atoms. The largest absolute Gasteiger partial charge is 0.496 e. The van der Waals surface area contributed by atoms with Crippen LogP contribution in [0.15, 0.2) is 46.8 Å². The molecule has 2 aliphatic rings. The number of methoxy groups -OCH3 is 1. The molecule has 1 aromatic rings. The van der Waals surface area contributed by atoms with Crippen molar-refractivity contribution in [2.24, 2.45) is 5.41 Å². The summed E-state index contributed by atoms with van der Waals surface area (Å²) < 4.78 is 11.0.